The summed E-state index contributed by atoms with van der Waals surface area (Å²) in [6.07, 6.45) is 0.545. The summed E-state index contributed by atoms with van der Waals surface area (Å²) >= 11 is 0. The van der Waals surface area contributed by atoms with Crippen LogP contribution in [0.5, 0.6) is 17.2 Å². The molecule has 6 aromatic rings. The van der Waals surface area contributed by atoms with Crippen LogP contribution in [-0.2, 0) is 22.4 Å². The van der Waals surface area contributed by atoms with Gasteiger partial charge in [0.15, 0.2) is 11.5 Å². The minimum absolute atomic E-state index is 0.0855. The van der Waals surface area contributed by atoms with Gasteiger partial charge in [0.25, 0.3) is 0 Å². The Bertz CT molecular complexity index is 2040. The fourth-order valence-corrected chi connectivity index (χ4v) is 5.69. The lowest BCUT2D eigenvalue weighted by Crippen LogP contribution is -2.12. The number of rotatable bonds is 0. The van der Waals surface area contributed by atoms with Gasteiger partial charge in [0.1, 0.15) is 5.75 Å². The Balaban J connectivity index is 0.000000135. The highest BCUT2D eigenvalue weighted by Gasteiger charge is 2.25. The van der Waals surface area contributed by atoms with Gasteiger partial charge in [-0.1, -0.05) is 48.5 Å². The summed E-state index contributed by atoms with van der Waals surface area (Å²) in [6, 6.07) is 23.8. The molecule has 9 nitrogen and oxygen atoms in total. The molecule has 0 aliphatic carbocycles. The van der Waals surface area contributed by atoms with E-state index < -0.39 is 0 Å². The molecular weight excluding hydrogens is 520 g/mol. The number of nitrogens with one attached hydrogen (secondary N) is 4. The van der Waals surface area contributed by atoms with Crippen LogP contribution in [0.15, 0.2) is 78.9 Å². The molecule has 202 valence electrons. The first-order chi connectivity index (χ1) is 19.9. The van der Waals surface area contributed by atoms with Crippen LogP contribution in [0.3, 0.4) is 0 Å². The van der Waals surface area contributed by atoms with Gasteiger partial charge in [0, 0.05) is 39.0 Å². The molecule has 0 spiro atoms. The Morgan fingerprint density at radius 2 is 1.12 bits per heavy atom. The molecule has 4 aromatic carbocycles. The number of aromatic amines is 2. The molecule has 9 heteroatoms. The second kappa shape index (κ2) is 9.20. The van der Waals surface area contributed by atoms with E-state index in [1.165, 1.54) is 12.1 Å². The first kappa shape index (κ1) is 24.3. The van der Waals surface area contributed by atoms with Gasteiger partial charge in [0.05, 0.1) is 35.6 Å². The first-order valence-corrected chi connectivity index (χ1v) is 13.0. The first-order valence-electron chi connectivity index (χ1n) is 13.0. The number of H-pyrrole nitrogens is 2. The van der Waals surface area contributed by atoms with Crippen LogP contribution in [0.2, 0.25) is 0 Å². The number of para-hydroxylation sites is 3. The number of anilines is 2. The van der Waals surface area contributed by atoms with E-state index in [0.29, 0.717) is 23.4 Å². The van der Waals surface area contributed by atoms with Gasteiger partial charge in [-0.25, -0.2) is 0 Å². The van der Waals surface area contributed by atoms with Crippen molar-refractivity contribution in [2.45, 2.75) is 12.8 Å². The zero-order valence-corrected chi connectivity index (χ0v) is 21.6. The average Bonchev–Trinajstić information content (AvgIpc) is 3.41. The number of carbonyl (C=O) groups excluding carboxylic acids is 2. The Morgan fingerprint density at radius 1 is 0.561 bits per heavy atom. The second-order valence-corrected chi connectivity index (χ2v) is 10.1. The summed E-state index contributed by atoms with van der Waals surface area (Å²) < 4.78 is 0. The molecule has 0 bridgehead atoms. The zero-order valence-electron chi connectivity index (χ0n) is 21.6. The van der Waals surface area contributed by atoms with E-state index in [-0.39, 0.29) is 35.5 Å². The van der Waals surface area contributed by atoms with Gasteiger partial charge in [-0.05, 0) is 35.4 Å². The summed E-state index contributed by atoms with van der Waals surface area (Å²) in [5.41, 5.74) is 7.95. The van der Waals surface area contributed by atoms with Crippen LogP contribution in [0, 0.1) is 0 Å². The summed E-state index contributed by atoms with van der Waals surface area (Å²) in [4.78, 5) is 30.8. The van der Waals surface area contributed by atoms with Crippen molar-refractivity contribution in [3.05, 3.63) is 90.0 Å². The molecule has 8 rings (SSSR count). The van der Waals surface area contributed by atoms with E-state index in [0.717, 1.165) is 49.9 Å². The quantitative estimate of drug-likeness (QED) is 0.0956. The summed E-state index contributed by atoms with van der Waals surface area (Å²) in [5, 5.41) is 36.9. The van der Waals surface area contributed by atoms with Crippen molar-refractivity contribution in [1.82, 2.24) is 9.97 Å². The fraction of sp³-hybridized carbons (Fsp3) is 0.0625. The van der Waals surface area contributed by atoms with Crippen molar-refractivity contribution in [2.75, 3.05) is 10.6 Å². The van der Waals surface area contributed by atoms with E-state index in [2.05, 4.69) is 20.6 Å². The Morgan fingerprint density at radius 3 is 1.78 bits per heavy atom. The number of phenols is 3. The zero-order chi connectivity index (χ0) is 28.2. The van der Waals surface area contributed by atoms with Gasteiger partial charge < -0.3 is 35.9 Å². The van der Waals surface area contributed by atoms with Gasteiger partial charge >= 0.3 is 0 Å². The number of aromatic nitrogens is 2. The molecule has 0 atom stereocenters. The van der Waals surface area contributed by atoms with Crippen molar-refractivity contribution >= 4 is 45.0 Å². The SMILES string of the molecule is O=C1Cc2c([nH]c3ccccc23)-c2cc(O)c(O)cc2N1.O=C1Cc2c([nH]c3ccccc23)-c2cccc(O)c2N1. The van der Waals surface area contributed by atoms with Gasteiger partial charge in [-0.2, -0.15) is 0 Å². The number of benzene rings is 4. The number of hydrogen-bond donors (Lipinski definition) is 7. The lowest BCUT2D eigenvalue weighted by molar-refractivity contribution is -0.116. The van der Waals surface area contributed by atoms with Crippen LogP contribution in [0.25, 0.3) is 44.3 Å². The van der Waals surface area contributed by atoms with Crippen molar-refractivity contribution in [1.29, 1.82) is 0 Å². The van der Waals surface area contributed by atoms with E-state index >= 15 is 0 Å². The van der Waals surface area contributed by atoms with Crippen molar-refractivity contribution in [2.24, 2.45) is 0 Å². The molecule has 4 heterocycles. The predicted molar refractivity (Wildman–Crippen MR) is 157 cm³/mol. The summed E-state index contributed by atoms with van der Waals surface area (Å²) in [5.74, 6) is -0.647. The van der Waals surface area contributed by atoms with Crippen LogP contribution in [0.4, 0.5) is 11.4 Å². The highest BCUT2D eigenvalue weighted by molar-refractivity contribution is 6.07. The molecule has 2 aliphatic heterocycles. The number of aromatic hydroxyl groups is 3. The molecule has 0 saturated heterocycles. The number of phenolic OH excluding ortho intramolecular Hbond substituents is 3. The Kier molecular flexibility index (Phi) is 5.46. The molecule has 2 aliphatic rings. The third-order valence-electron chi connectivity index (χ3n) is 7.54. The number of fused-ring (bicyclic) bond motifs is 10. The Labute approximate surface area is 233 Å². The van der Waals surface area contributed by atoms with E-state index in [1.807, 2.05) is 54.6 Å². The molecule has 0 radical (unpaired) electrons. The topological polar surface area (TPSA) is 150 Å². The van der Waals surface area contributed by atoms with Gasteiger partial charge in [-0.3, -0.25) is 9.59 Å². The van der Waals surface area contributed by atoms with Crippen molar-refractivity contribution < 1.29 is 24.9 Å². The smallest absolute Gasteiger partial charge is 0.229 e. The minimum atomic E-state index is -0.256. The third kappa shape index (κ3) is 4.02. The average molecular weight is 545 g/mol. The molecule has 2 amide bonds. The Hall–Kier alpha value is -5.70. The molecular formula is C32H24N4O5. The van der Waals surface area contributed by atoms with Crippen molar-refractivity contribution in [3.63, 3.8) is 0 Å². The molecule has 7 N–H and O–H groups in total. The number of carbonyl (C=O) groups is 2. The molecule has 2 aromatic heterocycles. The lowest BCUT2D eigenvalue weighted by atomic mass is 10.0. The maximum atomic E-state index is 12.1. The van der Waals surface area contributed by atoms with E-state index in [1.54, 1.807) is 12.1 Å². The number of hydrogen-bond acceptors (Lipinski definition) is 5. The van der Waals surface area contributed by atoms with Crippen LogP contribution in [0.1, 0.15) is 11.1 Å². The molecule has 0 saturated carbocycles. The van der Waals surface area contributed by atoms with Gasteiger partial charge in [-0.15, -0.1) is 0 Å². The van der Waals surface area contributed by atoms with Gasteiger partial charge in [0.2, 0.25) is 11.8 Å². The largest absolute Gasteiger partial charge is 0.506 e. The highest BCUT2D eigenvalue weighted by Crippen LogP contribution is 2.43. The summed E-state index contributed by atoms with van der Waals surface area (Å²) in [6.45, 7) is 0. The molecule has 0 unspecified atom stereocenters. The monoisotopic (exact) mass is 544 g/mol. The second-order valence-electron chi connectivity index (χ2n) is 10.1. The maximum absolute atomic E-state index is 12.1. The highest BCUT2D eigenvalue weighted by atomic mass is 16.3. The van der Waals surface area contributed by atoms with Crippen molar-refractivity contribution in [3.8, 4) is 39.8 Å². The maximum Gasteiger partial charge on any atom is 0.229 e. The van der Waals surface area contributed by atoms with E-state index in [4.69, 9.17) is 0 Å². The predicted octanol–water partition coefficient (Wildman–Crippen LogP) is 5.78. The fourth-order valence-electron chi connectivity index (χ4n) is 5.69. The van der Waals surface area contributed by atoms with Crippen LogP contribution in [-0.4, -0.2) is 37.1 Å². The van der Waals surface area contributed by atoms with E-state index in [9.17, 15) is 24.9 Å². The molecule has 41 heavy (non-hydrogen) atoms. The standard InChI is InChI=1S/C16H12N2O3.C16H12N2O2/c19-13-5-10-12(7-14(13)20)17-15(21)6-9-8-3-1-2-4-11(8)18-16(9)10;19-13-7-3-5-10-15-11(8-14(20)18-16(10)13)9-4-1-2-6-12(9)17-15/h1-5,7,18-20H,6H2,(H,17,21);1-7,17,19H,8H2,(H,18,20). The molecule has 0 fully saturated rings. The minimum Gasteiger partial charge on any atom is -0.506 e. The third-order valence-corrected chi connectivity index (χ3v) is 7.54. The summed E-state index contributed by atoms with van der Waals surface area (Å²) in [7, 11) is 0. The van der Waals surface area contributed by atoms with Crippen LogP contribution >= 0.6 is 0 Å². The van der Waals surface area contributed by atoms with Crippen LogP contribution < -0.4 is 10.6 Å². The normalized spacial score (nSPS) is 13.5. The number of amides is 2. The lowest BCUT2D eigenvalue weighted by Gasteiger charge is -2.09.